The summed E-state index contributed by atoms with van der Waals surface area (Å²) in [5.41, 5.74) is 4.64. The van der Waals surface area contributed by atoms with Gasteiger partial charge in [0.25, 0.3) is 5.69 Å². The Morgan fingerprint density at radius 2 is 1.33 bits per heavy atom. The van der Waals surface area contributed by atoms with Crippen molar-refractivity contribution in [1.29, 1.82) is 0 Å². The van der Waals surface area contributed by atoms with Crippen LogP contribution in [0.5, 0.6) is 0 Å². The quantitative estimate of drug-likeness (QED) is 0.466. The molecule has 2 aromatic carbocycles. The maximum absolute atomic E-state index is 12.5. The van der Waals surface area contributed by atoms with Gasteiger partial charge in [-0.2, -0.15) is 0 Å². The van der Waals surface area contributed by atoms with Crippen molar-refractivity contribution >= 4 is 23.6 Å². The van der Waals surface area contributed by atoms with Crippen LogP contribution in [0.3, 0.4) is 0 Å². The third-order valence-corrected chi connectivity index (χ3v) is 4.11. The largest absolute Gasteiger partial charge is 0.289 e. The maximum atomic E-state index is 12.5. The van der Waals surface area contributed by atoms with Gasteiger partial charge in [-0.15, -0.1) is 0 Å². The highest BCUT2D eigenvalue weighted by Crippen LogP contribution is 2.29. The van der Waals surface area contributed by atoms with E-state index in [9.17, 15) is 14.9 Å². The van der Waals surface area contributed by atoms with Gasteiger partial charge in [-0.1, -0.05) is 29.8 Å². The Morgan fingerprint density at radius 3 is 1.79 bits per heavy atom. The summed E-state index contributed by atoms with van der Waals surface area (Å²) in [4.78, 5) is 22.8. The molecule has 1 saturated carbocycles. The fourth-order valence-corrected chi connectivity index (χ4v) is 2.74. The van der Waals surface area contributed by atoms with Crippen LogP contribution < -0.4 is 0 Å². The van der Waals surface area contributed by atoms with Gasteiger partial charge in [0, 0.05) is 23.3 Å². The van der Waals surface area contributed by atoms with Crippen molar-refractivity contribution in [3.8, 4) is 0 Å². The van der Waals surface area contributed by atoms with Crippen molar-refractivity contribution < 1.29 is 9.72 Å². The molecule has 1 aliphatic carbocycles. The number of nitro benzene ring substituents is 1. The number of carbonyl (C=O) groups is 1. The first-order chi connectivity index (χ1) is 11.5. The molecule has 4 nitrogen and oxygen atoms in total. The molecule has 1 aliphatic rings. The summed E-state index contributed by atoms with van der Waals surface area (Å²) < 4.78 is 0. The predicted octanol–water partition coefficient (Wildman–Crippen LogP) is 4.73. The van der Waals surface area contributed by atoms with Crippen LogP contribution in [0.15, 0.2) is 59.7 Å². The molecule has 0 N–H and O–H groups in total. The minimum Gasteiger partial charge on any atom is -0.289 e. The summed E-state index contributed by atoms with van der Waals surface area (Å²) in [5.74, 6) is 0.0638. The second-order valence-electron chi connectivity index (χ2n) is 5.93. The highest BCUT2D eigenvalue weighted by Gasteiger charge is 2.22. The van der Waals surface area contributed by atoms with Crippen LogP contribution in [0.1, 0.15) is 29.5 Å². The lowest BCUT2D eigenvalue weighted by Gasteiger charge is -1.99. The van der Waals surface area contributed by atoms with Gasteiger partial charge in [-0.25, -0.2) is 0 Å². The standard InChI is InChI=1S/C20H17NO3/c1-14-2-4-15(5-3-14)12-17-8-9-18(20(17)22)13-16-6-10-19(11-7-16)21(23)24/h2-7,10-13H,8-9H2,1H3/b17-12-,18-13-. The number of carbonyl (C=O) groups excluding carboxylic acids is 1. The fourth-order valence-electron chi connectivity index (χ4n) is 2.74. The van der Waals surface area contributed by atoms with Crippen molar-refractivity contribution in [2.24, 2.45) is 0 Å². The molecule has 1 fully saturated rings. The summed E-state index contributed by atoms with van der Waals surface area (Å²) in [6, 6.07) is 14.3. The molecule has 3 rings (SSSR count). The van der Waals surface area contributed by atoms with E-state index in [2.05, 4.69) is 0 Å². The molecule has 0 atom stereocenters. The van der Waals surface area contributed by atoms with E-state index in [1.165, 1.54) is 17.7 Å². The second kappa shape index (κ2) is 6.62. The smallest absolute Gasteiger partial charge is 0.269 e. The number of aryl methyl sites for hydroxylation is 1. The number of allylic oxidation sites excluding steroid dienone is 2. The zero-order chi connectivity index (χ0) is 17.1. The van der Waals surface area contributed by atoms with E-state index in [1.54, 1.807) is 12.1 Å². The second-order valence-corrected chi connectivity index (χ2v) is 5.93. The van der Waals surface area contributed by atoms with E-state index in [4.69, 9.17) is 0 Å². The van der Waals surface area contributed by atoms with Crippen LogP contribution in [-0.4, -0.2) is 10.7 Å². The number of nitro groups is 1. The average Bonchev–Trinajstić information content (AvgIpc) is 2.91. The van der Waals surface area contributed by atoms with E-state index in [0.717, 1.165) is 28.7 Å². The molecule has 0 amide bonds. The molecule has 0 aromatic heterocycles. The predicted molar refractivity (Wildman–Crippen MR) is 94.5 cm³/mol. The number of nitrogens with zero attached hydrogens (tertiary/aromatic N) is 1. The molecule has 0 heterocycles. The van der Waals surface area contributed by atoms with Crippen LogP contribution in [0.2, 0.25) is 0 Å². The Kier molecular flexibility index (Phi) is 4.38. The Balaban J connectivity index is 1.80. The molecule has 2 aromatic rings. The normalized spacial score (nSPS) is 17.6. The van der Waals surface area contributed by atoms with Crippen LogP contribution in [0.4, 0.5) is 5.69 Å². The number of hydrogen-bond acceptors (Lipinski definition) is 3. The van der Waals surface area contributed by atoms with Crippen LogP contribution >= 0.6 is 0 Å². The Bertz CT molecular complexity index is 843. The Morgan fingerprint density at radius 1 is 0.875 bits per heavy atom. The molecule has 120 valence electrons. The van der Waals surface area contributed by atoms with E-state index >= 15 is 0 Å². The van der Waals surface area contributed by atoms with Crippen molar-refractivity contribution in [2.75, 3.05) is 0 Å². The molecule has 0 spiro atoms. The molecule has 0 radical (unpaired) electrons. The van der Waals surface area contributed by atoms with Crippen LogP contribution in [0.25, 0.3) is 12.2 Å². The summed E-state index contributed by atoms with van der Waals surface area (Å²) in [7, 11) is 0. The van der Waals surface area contributed by atoms with Crippen molar-refractivity contribution in [3.05, 3.63) is 86.5 Å². The number of non-ortho nitro benzene ring substituents is 1. The van der Waals surface area contributed by atoms with E-state index in [0.29, 0.717) is 6.42 Å². The van der Waals surface area contributed by atoms with Crippen molar-refractivity contribution in [3.63, 3.8) is 0 Å². The summed E-state index contributed by atoms with van der Waals surface area (Å²) in [6.07, 6.45) is 5.19. The average molecular weight is 319 g/mol. The molecule has 0 unspecified atom stereocenters. The molecule has 0 aliphatic heterocycles. The van der Waals surface area contributed by atoms with Crippen LogP contribution in [-0.2, 0) is 4.79 Å². The lowest BCUT2D eigenvalue weighted by molar-refractivity contribution is -0.384. The number of benzene rings is 2. The molecule has 4 heteroatoms. The van der Waals surface area contributed by atoms with Crippen LogP contribution in [0, 0.1) is 17.0 Å². The highest BCUT2D eigenvalue weighted by atomic mass is 16.6. The van der Waals surface area contributed by atoms with Gasteiger partial charge in [0.2, 0.25) is 0 Å². The molecular weight excluding hydrogens is 302 g/mol. The first-order valence-corrected chi connectivity index (χ1v) is 7.80. The van der Waals surface area contributed by atoms with Gasteiger partial charge in [0.1, 0.15) is 0 Å². The van der Waals surface area contributed by atoms with Gasteiger partial charge in [0.15, 0.2) is 5.78 Å². The Hall–Kier alpha value is -3.01. The van der Waals surface area contributed by atoms with E-state index < -0.39 is 4.92 Å². The SMILES string of the molecule is Cc1ccc(/C=C2/CC/C(=C/c3ccc([N+](=O)[O-])cc3)C2=O)cc1. The zero-order valence-electron chi connectivity index (χ0n) is 13.4. The van der Waals surface area contributed by atoms with Gasteiger partial charge in [-0.05, 0) is 55.2 Å². The number of ketones is 1. The molecule has 24 heavy (non-hydrogen) atoms. The maximum Gasteiger partial charge on any atom is 0.269 e. The third kappa shape index (κ3) is 3.49. The zero-order valence-corrected chi connectivity index (χ0v) is 13.4. The first-order valence-electron chi connectivity index (χ1n) is 7.80. The Labute approximate surface area is 140 Å². The van der Waals surface area contributed by atoms with Gasteiger partial charge < -0.3 is 0 Å². The van der Waals surface area contributed by atoms with Crippen molar-refractivity contribution in [2.45, 2.75) is 19.8 Å². The topological polar surface area (TPSA) is 60.2 Å². The molecule has 0 saturated heterocycles. The van der Waals surface area contributed by atoms with Crippen molar-refractivity contribution in [1.82, 2.24) is 0 Å². The molecular formula is C20H17NO3. The third-order valence-electron chi connectivity index (χ3n) is 4.11. The monoisotopic (exact) mass is 319 g/mol. The summed E-state index contributed by atoms with van der Waals surface area (Å²) in [6.45, 7) is 2.03. The summed E-state index contributed by atoms with van der Waals surface area (Å²) >= 11 is 0. The number of hydrogen-bond donors (Lipinski definition) is 0. The minimum absolute atomic E-state index is 0.0508. The lowest BCUT2D eigenvalue weighted by Crippen LogP contribution is -1.95. The fraction of sp³-hybridized carbons (Fsp3) is 0.150. The highest BCUT2D eigenvalue weighted by molar-refractivity contribution is 6.15. The van der Waals surface area contributed by atoms with Gasteiger partial charge in [0.05, 0.1) is 4.92 Å². The summed E-state index contributed by atoms with van der Waals surface area (Å²) in [5, 5.41) is 10.7. The van der Waals surface area contributed by atoms with Gasteiger partial charge in [-0.3, -0.25) is 14.9 Å². The minimum atomic E-state index is -0.430. The first kappa shape index (κ1) is 15.9. The van der Waals surface area contributed by atoms with E-state index in [-0.39, 0.29) is 11.5 Å². The lowest BCUT2D eigenvalue weighted by atomic mass is 10.1. The number of Topliss-reactive ketones (excluding diaryl/α,β-unsaturated/α-hetero) is 1. The van der Waals surface area contributed by atoms with E-state index in [1.807, 2.05) is 43.3 Å². The van der Waals surface area contributed by atoms with Gasteiger partial charge >= 0.3 is 0 Å². The molecule has 0 bridgehead atoms. The number of rotatable bonds is 3.